The van der Waals surface area contributed by atoms with Crippen LogP contribution in [0.15, 0.2) is 9.81 Å². The summed E-state index contributed by atoms with van der Waals surface area (Å²) in [7, 11) is 0. The van der Waals surface area contributed by atoms with Gasteiger partial charge in [0.1, 0.15) is 0 Å². The molecule has 1 nitrogen and oxygen atoms in total. The van der Waals surface area contributed by atoms with Crippen LogP contribution >= 0.6 is 23.5 Å². The van der Waals surface area contributed by atoms with E-state index in [2.05, 4.69) is 12.5 Å². The molecule has 0 unspecified atom stereocenters. The molecule has 0 spiro atoms. The Hall–Kier alpha value is 0.110. The highest BCUT2D eigenvalue weighted by molar-refractivity contribution is 8.21. The van der Waals surface area contributed by atoms with Crippen LogP contribution < -0.4 is 0 Å². The van der Waals surface area contributed by atoms with E-state index in [1.54, 1.807) is 23.5 Å². The molecule has 92 valence electrons. The minimum Gasteiger partial charge on any atom is -0.294 e. The molecule has 1 saturated carbocycles. The first-order valence-electron chi connectivity index (χ1n) is 6.14. The Morgan fingerprint density at radius 3 is 1.94 bits per heavy atom. The van der Waals surface area contributed by atoms with Gasteiger partial charge in [0.05, 0.1) is 0 Å². The van der Waals surface area contributed by atoms with Crippen molar-refractivity contribution in [1.82, 2.24) is 0 Å². The fourth-order valence-corrected chi connectivity index (χ4v) is 3.72. The van der Waals surface area contributed by atoms with Crippen molar-refractivity contribution in [2.75, 3.05) is 12.5 Å². The van der Waals surface area contributed by atoms with E-state index in [1.807, 2.05) is 0 Å². The van der Waals surface area contributed by atoms with Gasteiger partial charge in [-0.25, -0.2) is 0 Å². The average molecular weight is 258 g/mol. The number of Topliss-reactive ketones (excluding diaryl/α,β-unsaturated/α-hetero) is 1. The van der Waals surface area contributed by atoms with E-state index in [0.717, 1.165) is 24.8 Å². The predicted molar refractivity (Wildman–Crippen MR) is 76.0 cm³/mol. The second-order valence-electron chi connectivity index (χ2n) is 4.22. The number of thioether (sulfide) groups is 2. The van der Waals surface area contributed by atoms with E-state index in [0.29, 0.717) is 5.78 Å². The van der Waals surface area contributed by atoms with Crippen molar-refractivity contribution in [1.29, 1.82) is 0 Å². The zero-order valence-electron chi connectivity index (χ0n) is 10.4. The van der Waals surface area contributed by atoms with Gasteiger partial charge in [0.25, 0.3) is 0 Å². The number of rotatable bonds is 2. The largest absolute Gasteiger partial charge is 0.294 e. The third-order valence-corrected chi connectivity index (χ3v) is 5.27. The molecule has 16 heavy (non-hydrogen) atoms. The van der Waals surface area contributed by atoms with Gasteiger partial charge in [-0.3, -0.25) is 4.79 Å². The van der Waals surface area contributed by atoms with Gasteiger partial charge in [0, 0.05) is 16.2 Å². The number of hydrogen-bond acceptors (Lipinski definition) is 3. The molecular formula is C13H22OS2. The molecule has 0 radical (unpaired) electrons. The van der Waals surface area contributed by atoms with Crippen molar-refractivity contribution in [3.05, 3.63) is 9.81 Å². The highest BCUT2D eigenvalue weighted by Crippen LogP contribution is 2.32. The molecule has 1 aliphatic rings. The lowest BCUT2D eigenvalue weighted by atomic mass is 9.97. The van der Waals surface area contributed by atoms with Crippen molar-refractivity contribution in [2.24, 2.45) is 0 Å². The van der Waals surface area contributed by atoms with Gasteiger partial charge in [0.15, 0.2) is 5.78 Å². The smallest absolute Gasteiger partial charge is 0.160 e. The predicted octanol–water partition coefficient (Wildman–Crippen LogP) is 4.63. The standard InChI is InChI=1S/C13H22OS2/c1-15-13(16-2)11-9-7-5-3-4-6-8-10-12(11)14/h3-10H2,1-2H3. The summed E-state index contributed by atoms with van der Waals surface area (Å²) in [6, 6.07) is 0. The molecule has 0 aromatic carbocycles. The Morgan fingerprint density at radius 1 is 0.875 bits per heavy atom. The zero-order valence-corrected chi connectivity index (χ0v) is 12.0. The average Bonchev–Trinajstić information content (AvgIpc) is 2.31. The SMILES string of the molecule is CSC(SC)=C1CCCCCCCCC1=O. The van der Waals surface area contributed by atoms with Crippen LogP contribution in [0.3, 0.4) is 0 Å². The Labute approximate surface area is 108 Å². The molecule has 0 aliphatic heterocycles. The topological polar surface area (TPSA) is 17.1 Å². The zero-order chi connectivity index (χ0) is 11.8. The molecular weight excluding hydrogens is 236 g/mol. The van der Waals surface area contributed by atoms with Gasteiger partial charge < -0.3 is 0 Å². The summed E-state index contributed by atoms with van der Waals surface area (Å²) in [5, 5.41) is 0. The maximum Gasteiger partial charge on any atom is 0.160 e. The van der Waals surface area contributed by atoms with E-state index >= 15 is 0 Å². The fraction of sp³-hybridized carbons (Fsp3) is 0.769. The lowest BCUT2D eigenvalue weighted by molar-refractivity contribution is -0.115. The summed E-state index contributed by atoms with van der Waals surface area (Å²) in [5.74, 6) is 0.403. The summed E-state index contributed by atoms with van der Waals surface area (Å²) in [6.07, 6.45) is 13.3. The van der Waals surface area contributed by atoms with E-state index < -0.39 is 0 Å². The minimum absolute atomic E-state index is 0.403. The van der Waals surface area contributed by atoms with Crippen LogP contribution in [0.4, 0.5) is 0 Å². The van der Waals surface area contributed by atoms with Crippen LogP contribution in [0.1, 0.15) is 51.4 Å². The first kappa shape index (κ1) is 14.2. The summed E-state index contributed by atoms with van der Waals surface area (Å²) in [4.78, 5) is 12.1. The lowest BCUT2D eigenvalue weighted by Crippen LogP contribution is -2.06. The molecule has 0 aromatic rings. The first-order chi connectivity index (χ1) is 7.79. The van der Waals surface area contributed by atoms with Gasteiger partial charge in [-0.05, 0) is 31.8 Å². The quantitative estimate of drug-likeness (QED) is 0.672. The summed E-state index contributed by atoms with van der Waals surface area (Å²) in [5.41, 5.74) is 1.11. The number of carbonyl (C=O) groups excluding carboxylic acids is 1. The number of hydrogen-bond donors (Lipinski definition) is 0. The molecule has 0 bridgehead atoms. The van der Waals surface area contributed by atoms with Crippen LogP contribution in [-0.4, -0.2) is 18.3 Å². The molecule has 0 amide bonds. The molecule has 0 N–H and O–H groups in total. The van der Waals surface area contributed by atoms with Crippen LogP contribution in [0, 0.1) is 0 Å². The molecule has 1 aliphatic carbocycles. The van der Waals surface area contributed by atoms with E-state index in [4.69, 9.17) is 0 Å². The number of allylic oxidation sites excluding steroid dienone is 1. The van der Waals surface area contributed by atoms with Crippen LogP contribution in [-0.2, 0) is 4.79 Å². The Balaban J connectivity index is 2.74. The molecule has 1 rings (SSSR count). The molecule has 0 saturated heterocycles. The number of ketones is 1. The maximum absolute atomic E-state index is 12.1. The fourth-order valence-electron chi connectivity index (χ4n) is 2.13. The van der Waals surface area contributed by atoms with E-state index in [1.165, 1.54) is 36.3 Å². The van der Waals surface area contributed by atoms with Crippen molar-refractivity contribution in [2.45, 2.75) is 51.4 Å². The molecule has 0 aromatic heterocycles. The number of carbonyl (C=O) groups is 1. The Morgan fingerprint density at radius 2 is 1.38 bits per heavy atom. The summed E-state index contributed by atoms with van der Waals surface area (Å²) in [6.45, 7) is 0. The minimum atomic E-state index is 0.403. The Kier molecular flexibility index (Phi) is 7.30. The van der Waals surface area contributed by atoms with E-state index in [9.17, 15) is 4.79 Å². The highest BCUT2D eigenvalue weighted by Gasteiger charge is 2.15. The monoisotopic (exact) mass is 258 g/mol. The van der Waals surface area contributed by atoms with E-state index in [-0.39, 0.29) is 0 Å². The van der Waals surface area contributed by atoms with Crippen LogP contribution in [0.25, 0.3) is 0 Å². The van der Waals surface area contributed by atoms with Crippen molar-refractivity contribution >= 4 is 29.3 Å². The molecule has 0 atom stereocenters. The summed E-state index contributed by atoms with van der Waals surface area (Å²) >= 11 is 3.46. The van der Waals surface area contributed by atoms with Gasteiger partial charge in [-0.2, -0.15) is 0 Å². The second kappa shape index (κ2) is 8.24. The molecule has 0 heterocycles. The Bertz CT molecular complexity index is 253. The van der Waals surface area contributed by atoms with Crippen LogP contribution in [0.5, 0.6) is 0 Å². The van der Waals surface area contributed by atoms with Crippen molar-refractivity contribution < 1.29 is 4.79 Å². The van der Waals surface area contributed by atoms with Crippen molar-refractivity contribution in [3.63, 3.8) is 0 Å². The molecule has 3 heteroatoms. The van der Waals surface area contributed by atoms with Gasteiger partial charge >= 0.3 is 0 Å². The van der Waals surface area contributed by atoms with Gasteiger partial charge in [-0.15, -0.1) is 23.5 Å². The lowest BCUT2D eigenvalue weighted by Gasteiger charge is -2.13. The normalized spacial score (nSPS) is 19.6. The third kappa shape index (κ3) is 4.54. The highest BCUT2D eigenvalue weighted by atomic mass is 32.2. The summed E-state index contributed by atoms with van der Waals surface area (Å²) < 4.78 is 1.24. The maximum atomic E-state index is 12.1. The van der Waals surface area contributed by atoms with Crippen LogP contribution in [0.2, 0.25) is 0 Å². The van der Waals surface area contributed by atoms with Crippen molar-refractivity contribution in [3.8, 4) is 0 Å². The molecule has 1 fully saturated rings. The second-order valence-corrected chi connectivity index (χ2v) is 6.11. The first-order valence-corrected chi connectivity index (χ1v) is 8.59. The van der Waals surface area contributed by atoms with Gasteiger partial charge in [-0.1, -0.05) is 25.7 Å². The third-order valence-electron chi connectivity index (χ3n) is 3.03. The van der Waals surface area contributed by atoms with Gasteiger partial charge in [0.2, 0.25) is 0 Å².